The standard InChI is InChI=1S/C23H39N3O5SSi/c1-8-15-23(5,25-16-11-12-17-25)21(18-31-33(6,7)22(2,3)4)24-32(29,30)20-14-10-9-13-19(20)26(27)28/h8-10,13-14,21,24H,1,11-12,15-18H2,2-7H3/t21-,23-/m1/s1. The summed E-state index contributed by atoms with van der Waals surface area (Å²) in [5.41, 5.74) is -1.03. The van der Waals surface area contributed by atoms with Gasteiger partial charge in [-0.15, -0.1) is 6.58 Å². The van der Waals surface area contributed by atoms with E-state index in [0.29, 0.717) is 6.42 Å². The number of hydrogen-bond donors (Lipinski definition) is 1. The third kappa shape index (κ3) is 6.30. The van der Waals surface area contributed by atoms with Gasteiger partial charge in [0.2, 0.25) is 10.0 Å². The van der Waals surface area contributed by atoms with Crippen LogP contribution in [0, 0.1) is 10.1 Å². The Morgan fingerprint density at radius 2 is 1.82 bits per heavy atom. The van der Waals surface area contributed by atoms with E-state index in [1.54, 1.807) is 6.08 Å². The lowest BCUT2D eigenvalue weighted by atomic mass is 9.87. The molecule has 1 N–H and O–H groups in total. The van der Waals surface area contributed by atoms with E-state index in [9.17, 15) is 18.5 Å². The van der Waals surface area contributed by atoms with Crippen molar-refractivity contribution in [3.63, 3.8) is 0 Å². The lowest BCUT2D eigenvalue weighted by Crippen LogP contribution is -2.62. The lowest BCUT2D eigenvalue weighted by Gasteiger charge is -2.46. The van der Waals surface area contributed by atoms with Gasteiger partial charge in [0.1, 0.15) is 0 Å². The molecule has 0 aliphatic carbocycles. The smallest absolute Gasteiger partial charge is 0.289 e. The molecule has 1 aromatic rings. The minimum atomic E-state index is -4.19. The van der Waals surface area contributed by atoms with Crippen LogP contribution in [0.25, 0.3) is 0 Å². The Hall–Kier alpha value is -1.59. The van der Waals surface area contributed by atoms with E-state index >= 15 is 0 Å². The SMILES string of the molecule is C=CC[C@](C)([C@@H](CO[Si](C)(C)C(C)(C)C)NS(=O)(=O)c1ccccc1[N+](=O)[O-])N1CCCC1. The molecule has 2 rings (SSSR count). The average Bonchev–Trinajstić information content (AvgIpc) is 3.26. The summed E-state index contributed by atoms with van der Waals surface area (Å²) >= 11 is 0. The molecule has 0 spiro atoms. The molecule has 0 bridgehead atoms. The number of benzene rings is 1. The van der Waals surface area contributed by atoms with E-state index < -0.39 is 40.5 Å². The quantitative estimate of drug-likeness (QED) is 0.206. The molecule has 1 aromatic carbocycles. The van der Waals surface area contributed by atoms with E-state index in [0.717, 1.165) is 25.9 Å². The first-order chi connectivity index (χ1) is 15.2. The first kappa shape index (κ1) is 27.6. The maximum atomic E-state index is 13.5. The van der Waals surface area contributed by atoms with Crippen LogP contribution in [0.1, 0.15) is 47.0 Å². The number of hydrogen-bond acceptors (Lipinski definition) is 6. The van der Waals surface area contributed by atoms with Crippen LogP contribution >= 0.6 is 0 Å². The zero-order valence-electron chi connectivity index (χ0n) is 20.8. The van der Waals surface area contributed by atoms with E-state index in [1.807, 2.05) is 6.92 Å². The highest BCUT2D eigenvalue weighted by Gasteiger charge is 2.45. The molecular formula is C23H39N3O5SSi. The largest absolute Gasteiger partial charge is 0.415 e. The van der Waals surface area contributed by atoms with Gasteiger partial charge in [-0.05, 0) is 63.5 Å². The number of nitrogens with zero attached hydrogens (tertiary/aromatic N) is 2. The van der Waals surface area contributed by atoms with E-state index in [-0.39, 0.29) is 16.5 Å². The predicted molar refractivity (Wildman–Crippen MR) is 134 cm³/mol. The van der Waals surface area contributed by atoms with Crippen molar-refractivity contribution >= 4 is 24.0 Å². The van der Waals surface area contributed by atoms with Crippen LogP contribution in [-0.2, 0) is 14.4 Å². The fourth-order valence-corrected chi connectivity index (χ4v) is 6.46. The number of para-hydroxylation sites is 1. The summed E-state index contributed by atoms with van der Waals surface area (Å²) in [4.78, 5) is 12.8. The summed E-state index contributed by atoms with van der Waals surface area (Å²) in [7, 11) is -6.37. The molecule has 0 amide bonds. The second kappa shape index (κ2) is 10.3. The van der Waals surface area contributed by atoms with Crippen molar-refractivity contribution in [2.75, 3.05) is 19.7 Å². The Morgan fingerprint density at radius 1 is 1.24 bits per heavy atom. The normalized spacial score (nSPS) is 18.6. The highest BCUT2D eigenvalue weighted by molar-refractivity contribution is 7.89. The molecule has 0 saturated carbocycles. The van der Waals surface area contributed by atoms with E-state index in [2.05, 4.69) is 50.1 Å². The number of nitro groups is 1. The van der Waals surface area contributed by atoms with Crippen LogP contribution in [0.15, 0.2) is 41.8 Å². The second-order valence-electron chi connectivity index (χ2n) is 10.5. The highest BCUT2D eigenvalue weighted by Crippen LogP contribution is 2.38. The van der Waals surface area contributed by atoms with Crippen LogP contribution in [0.3, 0.4) is 0 Å². The zero-order chi connectivity index (χ0) is 25.1. The molecule has 1 aliphatic rings. The first-order valence-electron chi connectivity index (χ1n) is 11.4. The van der Waals surface area contributed by atoms with Crippen LogP contribution in [0.5, 0.6) is 0 Å². The van der Waals surface area contributed by atoms with Crippen molar-refractivity contribution in [3.05, 3.63) is 47.0 Å². The first-order valence-corrected chi connectivity index (χ1v) is 15.8. The molecule has 0 radical (unpaired) electrons. The van der Waals surface area contributed by atoms with Gasteiger partial charge in [-0.1, -0.05) is 39.0 Å². The van der Waals surface area contributed by atoms with Gasteiger partial charge >= 0.3 is 0 Å². The molecule has 33 heavy (non-hydrogen) atoms. The molecule has 10 heteroatoms. The van der Waals surface area contributed by atoms with E-state index in [1.165, 1.54) is 24.3 Å². The summed E-state index contributed by atoms with van der Waals surface area (Å²) in [5.74, 6) is 0. The average molecular weight is 498 g/mol. The lowest BCUT2D eigenvalue weighted by molar-refractivity contribution is -0.387. The van der Waals surface area contributed by atoms with Crippen molar-refractivity contribution < 1.29 is 17.8 Å². The maximum absolute atomic E-state index is 13.5. The molecule has 0 aromatic heterocycles. The number of sulfonamides is 1. The third-order valence-corrected chi connectivity index (χ3v) is 13.2. The van der Waals surface area contributed by atoms with Crippen molar-refractivity contribution in [2.24, 2.45) is 0 Å². The van der Waals surface area contributed by atoms with Gasteiger partial charge in [0.25, 0.3) is 5.69 Å². The summed E-state index contributed by atoms with van der Waals surface area (Å²) in [6.45, 7) is 18.5. The molecule has 186 valence electrons. The van der Waals surface area contributed by atoms with Crippen molar-refractivity contribution in [3.8, 4) is 0 Å². The summed E-state index contributed by atoms with van der Waals surface area (Å²) in [6.07, 6.45) is 4.44. The van der Waals surface area contributed by atoms with Gasteiger partial charge in [-0.3, -0.25) is 15.0 Å². The molecule has 8 nitrogen and oxygen atoms in total. The predicted octanol–water partition coefficient (Wildman–Crippen LogP) is 4.69. The topological polar surface area (TPSA) is 102 Å². The monoisotopic (exact) mass is 497 g/mol. The van der Waals surface area contributed by atoms with Crippen molar-refractivity contribution in [2.45, 2.75) is 81.6 Å². The van der Waals surface area contributed by atoms with Gasteiger partial charge in [0, 0.05) is 11.6 Å². The van der Waals surface area contributed by atoms with Crippen molar-refractivity contribution in [1.29, 1.82) is 0 Å². The molecule has 0 unspecified atom stereocenters. The van der Waals surface area contributed by atoms with Crippen LogP contribution in [0.2, 0.25) is 18.1 Å². The molecule has 1 aliphatic heterocycles. The fourth-order valence-electron chi connectivity index (χ4n) is 3.95. The summed E-state index contributed by atoms with van der Waals surface area (Å²) in [6, 6.07) is 4.81. The number of rotatable bonds is 11. The highest BCUT2D eigenvalue weighted by atomic mass is 32.2. The van der Waals surface area contributed by atoms with Gasteiger partial charge in [-0.2, -0.15) is 0 Å². The van der Waals surface area contributed by atoms with Crippen LogP contribution in [0.4, 0.5) is 5.69 Å². The fraction of sp³-hybridized carbons (Fsp3) is 0.652. The Morgan fingerprint density at radius 3 is 2.33 bits per heavy atom. The number of likely N-dealkylation sites (tertiary alicyclic amines) is 1. The Kier molecular flexibility index (Phi) is 8.67. The molecule has 2 atom stereocenters. The van der Waals surface area contributed by atoms with Gasteiger partial charge in [-0.25, -0.2) is 13.1 Å². The van der Waals surface area contributed by atoms with E-state index in [4.69, 9.17) is 4.43 Å². The summed E-state index contributed by atoms with van der Waals surface area (Å²) < 4.78 is 36.2. The van der Waals surface area contributed by atoms with Crippen LogP contribution in [-0.4, -0.2) is 57.8 Å². The Bertz CT molecular complexity index is 955. The van der Waals surface area contributed by atoms with Crippen molar-refractivity contribution in [1.82, 2.24) is 9.62 Å². The molecular weight excluding hydrogens is 458 g/mol. The molecule has 1 saturated heterocycles. The molecule has 1 fully saturated rings. The number of nitro benzene ring substituents is 1. The van der Waals surface area contributed by atoms with Gasteiger partial charge in [0.15, 0.2) is 13.2 Å². The van der Waals surface area contributed by atoms with Gasteiger partial charge in [0.05, 0.1) is 17.6 Å². The Balaban J connectivity index is 2.50. The minimum Gasteiger partial charge on any atom is -0.415 e. The minimum absolute atomic E-state index is 0.0445. The van der Waals surface area contributed by atoms with Crippen LogP contribution < -0.4 is 4.72 Å². The second-order valence-corrected chi connectivity index (χ2v) is 17.0. The third-order valence-electron chi connectivity index (χ3n) is 7.20. The zero-order valence-corrected chi connectivity index (χ0v) is 22.6. The summed E-state index contributed by atoms with van der Waals surface area (Å²) in [5, 5.41) is 11.5. The molecule has 1 heterocycles. The number of nitrogens with one attached hydrogen (secondary N) is 1. The van der Waals surface area contributed by atoms with Gasteiger partial charge < -0.3 is 4.43 Å². The Labute approximate surface area is 199 Å². The maximum Gasteiger partial charge on any atom is 0.289 e.